The van der Waals surface area contributed by atoms with E-state index in [1.807, 2.05) is 0 Å². The van der Waals surface area contributed by atoms with Crippen molar-refractivity contribution in [1.82, 2.24) is 0 Å². The molecule has 1 atom stereocenters. The molecule has 13 heavy (non-hydrogen) atoms. The topological polar surface area (TPSA) is 52.6 Å². The molecule has 0 amide bonds. The molecule has 4 nitrogen and oxygen atoms in total. The van der Waals surface area contributed by atoms with Gasteiger partial charge in [-0.1, -0.05) is 6.08 Å². The molecule has 0 aliphatic rings. The SMILES string of the molecule is C=CC(C)(CC(=O)OC)C(=O)OC. The minimum atomic E-state index is -0.998. The standard InChI is InChI=1S/C9H14O4/c1-5-9(2,8(11)13-4)6-7(10)12-3/h5H,1,6H2,2-4H3. The predicted molar refractivity (Wildman–Crippen MR) is 47.0 cm³/mol. The Hall–Kier alpha value is -1.32. The fourth-order valence-corrected chi connectivity index (χ4v) is 0.833. The maximum absolute atomic E-state index is 11.2. The van der Waals surface area contributed by atoms with Crippen molar-refractivity contribution in [1.29, 1.82) is 0 Å². The Morgan fingerprint density at radius 2 is 1.92 bits per heavy atom. The van der Waals surface area contributed by atoms with Crippen molar-refractivity contribution < 1.29 is 19.1 Å². The second-order valence-electron chi connectivity index (χ2n) is 2.87. The number of esters is 2. The van der Waals surface area contributed by atoms with Crippen LogP contribution in [0, 0.1) is 5.41 Å². The number of carbonyl (C=O) groups is 2. The van der Waals surface area contributed by atoms with E-state index in [1.54, 1.807) is 6.92 Å². The van der Waals surface area contributed by atoms with Gasteiger partial charge in [-0.15, -0.1) is 6.58 Å². The van der Waals surface area contributed by atoms with E-state index < -0.39 is 17.4 Å². The van der Waals surface area contributed by atoms with Crippen molar-refractivity contribution in [3.8, 4) is 0 Å². The lowest BCUT2D eigenvalue weighted by atomic mass is 9.87. The first-order valence-electron chi connectivity index (χ1n) is 3.79. The van der Waals surface area contributed by atoms with E-state index in [9.17, 15) is 9.59 Å². The first-order chi connectivity index (χ1) is 6.00. The van der Waals surface area contributed by atoms with Crippen LogP contribution in [0.4, 0.5) is 0 Å². The van der Waals surface area contributed by atoms with Gasteiger partial charge < -0.3 is 9.47 Å². The summed E-state index contributed by atoms with van der Waals surface area (Å²) in [5.41, 5.74) is -0.998. The van der Waals surface area contributed by atoms with E-state index in [-0.39, 0.29) is 6.42 Å². The van der Waals surface area contributed by atoms with Gasteiger partial charge in [-0.3, -0.25) is 9.59 Å². The lowest BCUT2D eigenvalue weighted by Gasteiger charge is -2.20. The van der Waals surface area contributed by atoms with Crippen molar-refractivity contribution >= 4 is 11.9 Å². The summed E-state index contributed by atoms with van der Waals surface area (Å²) < 4.78 is 8.98. The fraction of sp³-hybridized carbons (Fsp3) is 0.556. The van der Waals surface area contributed by atoms with Crippen LogP contribution in [0.1, 0.15) is 13.3 Å². The van der Waals surface area contributed by atoms with Gasteiger partial charge in [0.25, 0.3) is 0 Å². The van der Waals surface area contributed by atoms with Gasteiger partial charge in [-0.05, 0) is 6.92 Å². The van der Waals surface area contributed by atoms with Crippen LogP contribution in [-0.4, -0.2) is 26.2 Å². The third-order valence-corrected chi connectivity index (χ3v) is 1.84. The Morgan fingerprint density at radius 3 is 2.23 bits per heavy atom. The van der Waals surface area contributed by atoms with Crippen molar-refractivity contribution in [3.05, 3.63) is 12.7 Å². The maximum Gasteiger partial charge on any atom is 0.315 e. The summed E-state index contributed by atoms with van der Waals surface area (Å²) in [7, 11) is 2.53. The van der Waals surface area contributed by atoms with Gasteiger partial charge in [0.05, 0.1) is 26.1 Å². The Kier molecular flexibility index (Phi) is 4.17. The zero-order valence-corrected chi connectivity index (χ0v) is 8.12. The van der Waals surface area contributed by atoms with Gasteiger partial charge in [-0.25, -0.2) is 0 Å². The molecule has 0 radical (unpaired) electrons. The highest BCUT2D eigenvalue weighted by Gasteiger charge is 2.34. The third-order valence-electron chi connectivity index (χ3n) is 1.84. The number of carbonyl (C=O) groups excluding carboxylic acids is 2. The van der Waals surface area contributed by atoms with E-state index in [0.717, 1.165) is 0 Å². The van der Waals surface area contributed by atoms with Crippen LogP contribution in [-0.2, 0) is 19.1 Å². The minimum Gasteiger partial charge on any atom is -0.469 e. The Labute approximate surface area is 77.5 Å². The molecule has 0 heterocycles. The third kappa shape index (κ3) is 2.89. The highest BCUT2D eigenvalue weighted by Crippen LogP contribution is 2.24. The van der Waals surface area contributed by atoms with Gasteiger partial charge in [0, 0.05) is 0 Å². The van der Waals surface area contributed by atoms with Crippen LogP contribution in [0.25, 0.3) is 0 Å². The van der Waals surface area contributed by atoms with E-state index in [4.69, 9.17) is 0 Å². The lowest BCUT2D eigenvalue weighted by Crippen LogP contribution is -2.30. The van der Waals surface area contributed by atoms with E-state index >= 15 is 0 Å². The monoisotopic (exact) mass is 186 g/mol. The zero-order chi connectivity index (χ0) is 10.5. The van der Waals surface area contributed by atoms with Crippen LogP contribution in [0.3, 0.4) is 0 Å². The average Bonchev–Trinajstić information content (AvgIpc) is 2.15. The molecule has 0 bridgehead atoms. The van der Waals surface area contributed by atoms with Crippen LogP contribution >= 0.6 is 0 Å². The average molecular weight is 186 g/mol. The minimum absolute atomic E-state index is 0.0559. The second kappa shape index (κ2) is 4.64. The van der Waals surface area contributed by atoms with Crippen molar-refractivity contribution in [2.45, 2.75) is 13.3 Å². The summed E-state index contributed by atoms with van der Waals surface area (Å²) >= 11 is 0. The van der Waals surface area contributed by atoms with E-state index in [0.29, 0.717) is 0 Å². The van der Waals surface area contributed by atoms with Gasteiger partial charge in [0.2, 0.25) is 0 Å². The van der Waals surface area contributed by atoms with Crippen LogP contribution < -0.4 is 0 Å². The first-order valence-corrected chi connectivity index (χ1v) is 3.79. The predicted octanol–water partition coefficient (Wildman–Crippen LogP) is 0.915. The number of ether oxygens (including phenoxy) is 2. The summed E-state index contributed by atoms with van der Waals surface area (Å²) in [5.74, 6) is -0.958. The molecule has 0 aliphatic heterocycles. The molecule has 0 spiro atoms. The zero-order valence-electron chi connectivity index (χ0n) is 8.12. The smallest absolute Gasteiger partial charge is 0.315 e. The van der Waals surface area contributed by atoms with Crippen molar-refractivity contribution in [3.63, 3.8) is 0 Å². The van der Waals surface area contributed by atoms with Gasteiger partial charge >= 0.3 is 11.9 Å². The molecule has 0 aromatic heterocycles. The number of hydrogen-bond donors (Lipinski definition) is 0. The Bertz CT molecular complexity index is 222. The quantitative estimate of drug-likeness (QED) is 0.484. The molecule has 0 N–H and O–H groups in total. The van der Waals surface area contributed by atoms with Crippen molar-refractivity contribution in [2.75, 3.05) is 14.2 Å². The number of methoxy groups -OCH3 is 2. The molecule has 0 aliphatic carbocycles. The Morgan fingerprint density at radius 1 is 1.38 bits per heavy atom. The van der Waals surface area contributed by atoms with Gasteiger partial charge in [-0.2, -0.15) is 0 Å². The van der Waals surface area contributed by atoms with Gasteiger partial charge in [0.15, 0.2) is 0 Å². The fourth-order valence-electron chi connectivity index (χ4n) is 0.833. The second-order valence-corrected chi connectivity index (χ2v) is 2.87. The molecule has 74 valence electrons. The molecule has 0 saturated heterocycles. The molecule has 0 aromatic rings. The molecule has 0 aromatic carbocycles. The van der Waals surface area contributed by atoms with Crippen LogP contribution in [0.5, 0.6) is 0 Å². The normalized spacial score (nSPS) is 14.1. The number of hydrogen-bond acceptors (Lipinski definition) is 4. The summed E-state index contributed by atoms with van der Waals surface area (Å²) in [6.07, 6.45) is 1.33. The highest BCUT2D eigenvalue weighted by molar-refractivity contribution is 5.84. The van der Waals surface area contributed by atoms with Crippen LogP contribution in [0.15, 0.2) is 12.7 Å². The molecule has 1 unspecified atom stereocenters. The summed E-state index contributed by atoms with van der Waals surface area (Å²) in [6.45, 7) is 5.05. The van der Waals surface area contributed by atoms with E-state index in [1.165, 1.54) is 20.3 Å². The molecular weight excluding hydrogens is 172 g/mol. The van der Waals surface area contributed by atoms with Crippen molar-refractivity contribution in [2.24, 2.45) is 5.41 Å². The lowest BCUT2D eigenvalue weighted by molar-refractivity contribution is -0.155. The highest BCUT2D eigenvalue weighted by atomic mass is 16.5. The summed E-state index contributed by atoms with van der Waals surface area (Å²) in [5, 5.41) is 0. The van der Waals surface area contributed by atoms with Gasteiger partial charge in [0.1, 0.15) is 0 Å². The summed E-state index contributed by atoms with van der Waals surface area (Å²) in [6, 6.07) is 0. The first kappa shape index (κ1) is 11.7. The maximum atomic E-state index is 11.2. The number of rotatable bonds is 4. The molecule has 0 fully saturated rings. The van der Waals surface area contributed by atoms with Crippen LogP contribution in [0.2, 0.25) is 0 Å². The largest absolute Gasteiger partial charge is 0.469 e. The summed E-state index contributed by atoms with van der Waals surface area (Å²) in [4.78, 5) is 22.1. The van der Waals surface area contributed by atoms with E-state index in [2.05, 4.69) is 16.1 Å². The molecular formula is C9H14O4. The Balaban J connectivity index is 4.54. The molecule has 0 saturated carbocycles. The molecule has 0 rings (SSSR count). The molecule has 4 heteroatoms.